The van der Waals surface area contributed by atoms with E-state index < -0.39 is 11.6 Å². The number of halogens is 3. The molecule has 0 bridgehead atoms. The number of nitrogens with zero attached hydrogens (tertiary/aromatic N) is 4. The normalized spacial score (nSPS) is 14.3. The van der Waals surface area contributed by atoms with E-state index in [4.69, 9.17) is 5.26 Å². The van der Waals surface area contributed by atoms with Crippen molar-refractivity contribution >= 4 is 35.6 Å². The van der Waals surface area contributed by atoms with Crippen LogP contribution in [-0.4, -0.2) is 44.1 Å². The maximum atomic E-state index is 14.0. The molecule has 0 aliphatic carbocycles. The molecule has 28 heavy (non-hydrogen) atoms. The van der Waals surface area contributed by atoms with E-state index in [9.17, 15) is 8.78 Å². The van der Waals surface area contributed by atoms with Crippen molar-refractivity contribution in [3.63, 3.8) is 0 Å². The van der Waals surface area contributed by atoms with E-state index >= 15 is 0 Å². The fourth-order valence-electron chi connectivity index (χ4n) is 3.15. The minimum atomic E-state index is -0.439. The molecular weight excluding hydrogens is 475 g/mol. The van der Waals surface area contributed by atoms with Gasteiger partial charge in [0.2, 0.25) is 0 Å². The first-order chi connectivity index (χ1) is 13.1. The zero-order chi connectivity index (χ0) is 19.2. The van der Waals surface area contributed by atoms with Gasteiger partial charge in [-0.2, -0.15) is 5.26 Å². The van der Waals surface area contributed by atoms with Crippen LogP contribution in [-0.2, 0) is 6.54 Å². The summed E-state index contributed by atoms with van der Waals surface area (Å²) in [6.45, 7) is 3.00. The van der Waals surface area contributed by atoms with Gasteiger partial charge >= 0.3 is 0 Å². The Bertz CT molecular complexity index is 873. The quantitative estimate of drug-likeness (QED) is 0.402. The molecule has 8 heteroatoms. The van der Waals surface area contributed by atoms with Gasteiger partial charge < -0.3 is 15.1 Å². The number of benzene rings is 2. The summed E-state index contributed by atoms with van der Waals surface area (Å²) in [4.78, 5) is 8.24. The molecule has 1 aliphatic heterocycles. The Labute approximate surface area is 180 Å². The van der Waals surface area contributed by atoms with Crippen molar-refractivity contribution in [3.05, 3.63) is 65.2 Å². The third-order valence-corrected chi connectivity index (χ3v) is 4.55. The molecule has 0 spiro atoms. The summed E-state index contributed by atoms with van der Waals surface area (Å²) in [5.41, 5.74) is 1.91. The number of rotatable bonds is 3. The van der Waals surface area contributed by atoms with Crippen LogP contribution < -0.4 is 10.2 Å². The summed E-state index contributed by atoms with van der Waals surface area (Å²) >= 11 is 0. The van der Waals surface area contributed by atoms with Gasteiger partial charge in [-0.25, -0.2) is 8.78 Å². The first-order valence-electron chi connectivity index (χ1n) is 8.75. The van der Waals surface area contributed by atoms with Crippen LogP contribution in [0.3, 0.4) is 0 Å². The lowest BCUT2D eigenvalue weighted by Crippen LogP contribution is -2.52. The molecule has 148 valence electrons. The van der Waals surface area contributed by atoms with Crippen molar-refractivity contribution in [2.75, 3.05) is 38.1 Å². The van der Waals surface area contributed by atoms with E-state index in [0.29, 0.717) is 44.0 Å². The van der Waals surface area contributed by atoms with Crippen LogP contribution in [0.1, 0.15) is 11.1 Å². The van der Waals surface area contributed by atoms with Crippen LogP contribution in [0.15, 0.2) is 47.5 Å². The fourth-order valence-corrected chi connectivity index (χ4v) is 3.15. The number of anilines is 1. The maximum Gasteiger partial charge on any atom is 0.194 e. The predicted octanol–water partition coefficient (Wildman–Crippen LogP) is 3.35. The molecule has 2 aromatic carbocycles. The van der Waals surface area contributed by atoms with Crippen molar-refractivity contribution < 1.29 is 8.78 Å². The number of hydrogen-bond donors (Lipinski definition) is 1. The Kier molecular flexibility index (Phi) is 7.99. The van der Waals surface area contributed by atoms with E-state index in [2.05, 4.69) is 21.3 Å². The summed E-state index contributed by atoms with van der Waals surface area (Å²) in [6.07, 6.45) is 0. The SMILES string of the molecule is CN=C(NCc1cccc(C#N)c1)N1CCN(c2cc(F)ccc2F)CC1.I. The van der Waals surface area contributed by atoms with Gasteiger partial charge in [0.25, 0.3) is 0 Å². The fraction of sp³-hybridized carbons (Fsp3) is 0.300. The molecule has 0 aromatic heterocycles. The Morgan fingerprint density at radius 3 is 2.57 bits per heavy atom. The molecular formula is C20H22F2IN5. The highest BCUT2D eigenvalue weighted by atomic mass is 127. The molecule has 0 saturated carbocycles. The van der Waals surface area contributed by atoms with Crippen LogP contribution >= 0.6 is 24.0 Å². The number of hydrogen-bond acceptors (Lipinski definition) is 3. The van der Waals surface area contributed by atoms with E-state index in [0.717, 1.165) is 23.7 Å². The zero-order valence-corrected chi connectivity index (χ0v) is 17.9. The van der Waals surface area contributed by atoms with E-state index in [1.165, 1.54) is 6.07 Å². The summed E-state index contributed by atoms with van der Waals surface area (Å²) in [5.74, 6) is -0.104. The standard InChI is InChI=1S/C20H21F2N5.HI/c1-24-20(25-14-16-4-2-3-15(11-16)13-23)27-9-7-26(8-10-27)19-12-17(21)5-6-18(19)22;/h2-6,11-12H,7-10,14H2,1H3,(H,24,25);1H. The molecule has 0 amide bonds. The highest BCUT2D eigenvalue weighted by Crippen LogP contribution is 2.22. The molecule has 0 radical (unpaired) electrons. The molecule has 3 rings (SSSR count). The molecule has 1 heterocycles. The predicted molar refractivity (Wildman–Crippen MR) is 117 cm³/mol. The van der Waals surface area contributed by atoms with Crippen molar-refractivity contribution in [2.45, 2.75) is 6.54 Å². The molecule has 5 nitrogen and oxygen atoms in total. The number of nitrogens with one attached hydrogen (secondary N) is 1. The number of piperazine rings is 1. The molecule has 1 fully saturated rings. The van der Waals surface area contributed by atoms with Gasteiger partial charge in [0, 0.05) is 45.8 Å². The molecule has 0 atom stereocenters. The Hall–Kier alpha value is -2.41. The minimum absolute atomic E-state index is 0. The van der Waals surface area contributed by atoms with Gasteiger partial charge in [-0.15, -0.1) is 24.0 Å². The van der Waals surface area contributed by atoms with Crippen molar-refractivity contribution in [3.8, 4) is 6.07 Å². The Balaban J connectivity index is 0.00000280. The van der Waals surface area contributed by atoms with Gasteiger partial charge in [-0.3, -0.25) is 4.99 Å². The molecule has 1 saturated heterocycles. The average molecular weight is 497 g/mol. The van der Waals surface area contributed by atoms with Crippen LogP contribution in [0, 0.1) is 23.0 Å². The van der Waals surface area contributed by atoms with Crippen LogP contribution in [0.5, 0.6) is 0 Å². The van der Waals surface area contributed by atoms with Gasteiger partial charge in [0.15, 0.2) is 5.96 Å². The first-order valence-corrected chi connectivity index (χ1v) is 8.75. The van der Waals surface area contributed by atoms with Crippen molar-refractivity contribution in [1.82, 2.24) is 10.2 Å². The lowest BCUT2D eigenvalue weighted by molar-refractivity contribution is 0.370. The van der Waals surface area contributed by atoms with Crippen molar-refractivity contribution in [2.24, 2.45) is 4.99 Å². The van der Waals surface area contributed by atoms with Crippen LogP contribution in [0.25, 0.3) is 0 Å². The van der Waals surface area contributed by atoms with Gasteiger partial charge in [0.05, 0.1) is 17.3 Å². The second kappa shape index (κ2) is 10.2. The zero-order valence-electron chi connectivity index (χ0n) is 15.5. The lowest BCUT2D eigenvalue weighted by atomic mass is 10.1. The second-order valence-corrected chi connectivity index (χ2v) is 6.28. The van der Waals surface area contributed by atoms with Crippen LogP contribution in [0.4, 0.5) is 14.5 Å². The molecule has 0 unspecified atom stereocenters. The number of aliphatic imine (C=N–C) groups is 1. The second-order valence-electron chi connectivity index (χ2n) is 6.28. The Morgan fingerprint density at radius 2 is 1.89 bits per heavy atom. The number of nitriles is 1. The van der Waals surface area contributed by atoms with E-state index in [1.54, 1.807) is 13.1 Å². The summed E-state index contributed by atoms with van der Waals surface area (Å²) in [5, 5.41) is 12.3. The van der Waals surface area contributed by atoms with Gasteiger partial charge in [0.1, 0.15) is 11.6 Å². The molecule has 2 aromatic rings. The summed E-state index contributed by atoms with van der Waals surface area (Å²) in [7, 11) is 1.71. The molecule has 1 aliphatic rings. The maximum absolute atomic E-state index is 14.0. The minimum Gasteiger partial charge on any atom is -0.366 e. The molecule has 1 N–H and O–H groups in total. The van der Waals surface area contributed by atoms with Gasteiger partial charge in [-0.1, -0.05) is 12.1 Å². The van der Waals surface area contributed by atoms with Crippen molar-refractivity contribution in [1.29, 1.82) is 5.26 Å². The van der Waals surface area contributed by atoms with E-state index in [-0.39, 0.29) is 24.0 Å². The first kappa shape index (κ1) is 21.9. The topological polar surface area (TPSA) is 54.7 Å². The third-order valence-electron chi connectivity index (χ3n) is 4.55. The third kappa shape index (κ3) is 5.32. The summed E-state index contributed by atoms with van der Waals surface area (Å²) in [6, 6.07) is 13.1. The smallest absolute Gasteiger partial charge is 0.194 e. The number of guanidine groups is 1. The van der Waals surface area contributed by atoms with Gasteiger partial charge in [-0.05, 0) is 29.8 Å². The highest BCUT2D eigenvalue weighted by molar-refractivity contribution is 14.0. The largest absolute Gasteiger partial charge is 0.366 e. The monoisotopic (exact) mass is 497 g/mol. The van der Waals surface area contributed by atoms with Crippen LogP contribution in [0.2, 0.25) is 0 Å². The van der Waals surface area contributed by atoms with E-state index in [1.807, 2.05) is 23.1 Å². The Morgan fingerprint density at radius 1 is 1.14 bits per heavy atom. The lowest BCUT2D eigenvalue weighted by Gasteiger charge is -2.37. The average Bonchev–Trinajstić information content (AvgIpc) is 2.71. The highest BCUT2D eigenvalue weighted by Gasteiger charge is 2.22. The summed E-state index contributed by atoms with van der Waals surface area (Å²) < 4.78 is 27.4.